The Bertz CT molecular complexity index is 1180. The Morgan fingerprint density at radius 3 is 2.75 bits per heavy atom. The van der Waals surface area contributed by atoms with Crippen LogP contribution in [-0.2, 0) is 22.6 Å². The number of carbonyl (C=O) groups is 4. The van der Waals surface area contributed by atoms with Crippen molar-refractivity contribution in [3.63, 3.8) is 0 Å². The molecule has 1 saturated heterocycles. The first-order valence-corrected chi connectivity index (χ1v) is 10.5. The van der Waals surface area contributed by atoms with Crippen LogP contribution in [0, 0.1) is 5.82 Å². The van der Waals surface area contributed by atoms with Crippen molar-refractivity contribution in [2.75, 3.05) is 10.2 Å². The maximum atomic E-state index is 14.4. The molecular formula is C23H21FN4O4. The molecule has 9 heteroatoms. The average Bonchev–Trinajstić information content (AvgIpc) is 3.25. The quantitative estimate of drug-likeness (QED) is 0.707. The number of urea groups is 1. The summed E-state index contributed by atoms with van der Waals surface area (Å²) in [5.41, 5.74) is 2.69. The molecule has 1 fully saturated rings. The predicted molar refractivity (Wildman–Crippen MR) is 114 cm³/mol. The Morgan fingerprint density at radius 1 is 1.16 bits per heavy atom. The molecule has 8 nitrogen and oxygen atoms in total. The maximum absolute atomic E-state index is 14.4. The molecule has 2 N–H and O–H groups in total. The summed E-state index contributed by atoms with van der Waals surface area (Å²) in [7, 11) is 0. The van der Waals surface area contributed by atoms with Gasteiger partial charge < -0.3 is 10.2 Å². The van der Waals surface area contributed by atoms with Crippen molar-refractivity contribution in [3.05, 3.63) is 58.9 Å². The lowest BCUT2D eigenvalue weighted by molar-refractivity contribution is -0.136. The summed E-state index contributed by atoms with van der Waals surface area (Å²) in [6.07, 6.45) is 1.04. The van der Waals surface area contributed by atoms with Crippen LogP contribution in [-0.4, -0.2) is 40.7 Å². The number of imide groups is 1. The van der Waals surface area contributed by atoms with Crippen molar-refractivity contribution in [3.8, 4) is 0 Å². The molecule has 2 aromatic rings. The number of hydrogen-bond acceptors (Lipinski definition) is 4. The highest BCUT2D eigenvalue weighted by Crippen LogP contribution is 2.35. The van der Waals surface area contributed by atoms with Crippen molar-refractivity contribution in [1.29, 1.82) is 0 Å². The number of halogens is 1. The van der Waals surface area contributed by atoms with E-state index in [9.17, 15) is 23.6 Å². The first-order chi connectivity index (χ1) is 15.3. The highest BCUT2D eigenvalue weighted by molar-refractivity contribution is 6.07. The number of anilines is 2. The van der Waals surface area contributed by atoms with Gasteiger partial charge in [-0.05, 0) is 55.2 Å². The van der Waals surface area contributed by atoms with Gasteiger partial charge in [0.25, 0.3) is 5.91 Å². The molecule has 0 spiro atoms. The summed E-state index contributed by atoms with van der Waals surface area (Å²) < 4.78 is 14.4. The van der Waals surface area contributed by atoms with E-state index in [0.29, 0.717) is 23.2 Å². The first-order valence-electron chi connectivity index (χ1n) is 10.5. The van der Waals surface area contributed by atoms with Crippen LogP contribution in [0.25, 0.3) is 0 Å². The molecule has 0 saturated carbocycles. The number of para-hydroxylation sites is 1. The monoisotopic (exact) mass is 436 g/mol. The van der Waals surface area contributed by atoms with E-state index in [2.05, 4.69) is 10.6 Å². The van der Waals surface area contributed by atoms with Gasteiger partial charge >= 0.3 is 6.03 Å². The van der Waals surface area contributed by atoms with Crippen molar-refractivity contribution in [2.24, 2.45) is 0 Å². The molecule has 5 rings (SSSR count). The van der Waals surface area contributed by atoms with E-state index in [1.54, 1.807) is 24.3 Å². The van der Waals surface area contributed by atoms with E-state index in [0.717, 1.165) is 5.56 Å². The number of rotatable bonds is 2. The Balaban J connectivity index is 1.35. The highest BCUT2D eigenvalue weighted by atomic mass is 19.1. The fourth-order valence-electron chi connectivity index (χ4n) is 4.76. The van der Waals surface area contributed by atoms with Crippen LogP contribution >= 0.6 is 0 Å². The van der Waals surface area contributed by atoms with Gasteiger partial charge in [0.1, 0.15) is 11.9 Å². The molecule has 3 aliphatic rings. The second-order valence-corrected chi connectivity index (χ2v) is 8.37. The predicted octanol–water partition coefficient (Wildman–Crippen LogP) is 2.57. The third kappa shape index (κ3) is 3.21. The summed E-state index contributed by atoms with van der Waals surface area (Å²) in [4.78, 5) is 52.2. The molecule has 2 atom stereocenters. The zero-order valence-corrected chi connectivity index (χ0v) is 17.4. The van der Waals surface area contributed by atoms with Gasteiger partial charge in [-0.25, -0.2) is 9.18 Å². The number of amides is 5. The van der Waals surface area contributed by atoms with Crippen LogP contribution < -0.4 is 15.5 Å². The van der Waals surface area contributed by atoms with Crippen LogP contribution in [0.1, 0.15) is 41.3 Å². The van der Waals surface area contributed by atoms with Crippen LogP contribution in [0.3, 0.4) is 0 Å². The number of hydrogen-bond donors (Lipinski definition) is 2. The van der Waals surface area contributed by atoms with Gasteiger partial charge in [-0.3, -0.25) is 24.6 Å². The Hall–Kier alpha value is -3.75. The first kappa shape index (κ1) is 20.2. The minimum Gasteiger partial charge on any atom is -0.322 e. The zero-order chi connectivity index (χ0) is 22.6. The number of benzene rings is 2. The number of nitrogens with one attached hydrogen (secondary N) is 2. The summed E-state index contributed by atoms with van der Waals surface area (Å²) in [5, 5.41) is 5.08. The van der Waals surface area contributed by atoms with E-state index in [-0.39, 0.29) is 42.9 Å². The van der Waals surface area contributed by atoms with E-state index >= 15 is 0 Å². The van der Waals surface area contributed by atoms with Crippen LogP contribution in [0.2, 0.25) is 0 Å². The fraction of sp³-hybridized carbons (Fsp3) is 0.304. The van der Waals surface area contributed by atoms with Crippen LogP contribution in [0.15, 0.2) is 36.4 Å². The van der Waals surface area contributed by atoms with Gasteiger partial charge in [0.15, 0.2) is 0 Å². The molecule has 3 aliphatic heterocycles. The van der Waals surface area contributed by atoms with Crippen molar-refractivity contribution >= 4 is 35.1 Å². The van der Waals surface area contributed by atoms with E-state index < -0.39 is 23.8 Å². The van der Waals surface area contributed by atoms with Crippen LogP contribution in [0.5, 0.6) is 0 Å². The minimum absolute atomic E-state index is 0.184. The summed E-state index contributed by atoms with van der Waals surface area (Å²) >= 11 is 0. The zero-order valence-electron chi connectivity index (χ0n) is 17.4. The lowest BCUT2D eigenvalue weighted by Crippen LogP contribution is -2.52. The van der Waals surface area contributed by atoms with Gasteiger partial charge in [0.2, 0.25) is 11.8 Å². The van der Waals surface area contributed by atoms with Gasteiger partial charge in [-0.1, -0.05) is 12.1 Å². The molecule has 164 valence electrons. The molecule has 2 aromatic carbocycles. The third-order valence-electron chi connectivity index (χ3n) is 6.26. The Labute approximate surface area is 183 Å². The lowest BCUT2D eigenvalue weighted by atomic mass is 10.0. The average molecular weight is 436 g/mol. The Kier molecular flexibility index (Phi) is 4.69. The fourth-order valence-corrected chi connectivity index (χ4v) is 4.76. The van der Waals surface area contributed by atoms with Crippen molar-refractivity contribution < 1.29 is 23.6 Å². The number of nitrogens with zero attached hydrogens (tertiary/aromatic N) is 2. The third-order valence-corrected chi connectivity index (χ3v) is 6.26. The molecule has 3 heterocycles. The topological polar surface area (TPSA) is 98.8 Å². The molecule has 0 radical (unpaired) electrons. The minimum atomic E-state index is -0.699. The molecule has 2 unspecified atom stereocenters. The van der Waals surface area contributed by atoms with Gasteiger partial charge in [-0.15, -0.1) is 0 Å². The number of piperidine rings is 1. The summed E-state index contributed by atoms with van der Waals surface area (Å²) in [6, 6.07) is 8.36. The second-order valence-electron chi connectivity index (χ2n) is 8.37. The SMILES string of the molecule is CC1Cc2cccc(F)c2N1C(=O)Nc1ccc2c(c1)CN(C1CCC(=O)NC1=O)C2=O. The number of fused-ring (bicyclic) bond motifs is 2. The van der Waals surface area contributed by atoms with Gasteiger partial charge in [0, 0.05) is 30.3 Å². The lowest BCUT2D eigenvalue weighted by Gasteiger charge is -2.29. The van der Waals surface area contributed by atoms with Gasteiger partial charge in [0.05, 0.1) is 5.69 Å². The van der Waals surface area contributed by atoms with Crippen molar-refractivity contribution in [2.45, 2.75) is 44.8 Å². The largest absolute Gasteiger partial charge is 0.326 e. The Morgan fingerprint density at radius 2 is 1.97 bits per heavy atom. The molecule has 0 aromatic heterocycles. The summed E-state index contributed by atoms with van der Waals surface area (Å²) in [6.45, 7) is 2.07. The smallest absolute Gasteiger partial charge is 0.322 e. The van der Waals surface area contributed by atoms with E-state index in [1.165, 1.54) is 15.9 Å². The second kappa shape index (κ2) is 7.44. The standard InChI is InChI=1S/C23H21FN4O4/c1-12-9-13-3-2-4-17(24)20(13)28(12)23(32)25-15-5-6-16-14(10-15)11-27(22(16)31)18-7-8-19(29)26-21(18)30/h2-6,10,12,18H,7-9,11H2,1H3,(H,25,32)(H,26,29,30). The number of carbonyl (C=O) groups excluding carboxylic acids is 4. The molecule has 0 bridgehead atoms. The van der Waals surface area contributed by atoms with Crippen molar-refractivity contribution in [1.82, 2.24) is 10.2 Å². The van der Waals surface area contributed by atoms with Gasteiger partial charge in [-0.2, -0.15) is 0 Å². The maximum Gasteiger partial charge on any atom is 0.326 e. The summed E-state index contributed by atoms with van der Waals surface area (Å²) in [5.74, 6) is -1.54. The highest BCUT2D eigenvalue weighted by Gasteiger charge is 2.39. The molecule has 5 amide bonds. The molecule has 32 heavy (non-hydrogen) atoms. The molecular weight excluding hydrogens is 415 g/mol. The van der Waals surface area contributed by atoms with Crippen LogP contribution in [0.4, 0.5) is 20.6 Å². The van der Waals surface area contributed by atoms with E-state index in [4.69, 9.17) is 0 Å². The molecule has 0 aliphatic carbocycles. The van der Waals surface area contributed by atoms with E-state index in [1.807, 2.05) is 13.0 Å². The normalized spacial score (nSPS) is 22.0.